The minimum absolute atomic E-state index is 0.178. The molecule has 3 nitrogen and oxygen atoms in total. The standard InChI is InChI=1S/C11H19NO2/c1-4-5-12-8-10(6-9(2)3)7-11(13)14/h5,9-10,12H,1,6-8H2,2-3H3,(H,13,14). The molecule has 0 bridgehead atoms. The molecule has 14 heavy (non-hydrogen) atoms. The predicted octanol–water partition coefficient (Wildman–Crippen LogP) is 2.01. The number of rotatable bonds is 7. The van der Waals surface area contributed by atoms with Crippen LogP contribution in [0.25, 0.3) is 0 Å². The van der Waals surface area contributed by atoms with Crippen molar-refractivity contribution < 1.29 is 9.90 Å². The zero-order chi connectivity index (χ0) is 11.0. The summed E-state index contributed by atoms with van der Waals surface area (Å²) in [5.41, 5.74) is 2.60. The van der Waals surface area contributed by atoms with Crippen LogP contribution in [0.4, 0.5) is 0 Å². The Labute approximate surface area is 85.5 Å². The van der Waals surface area contributed by atoms with Gasteiger partial charge in [0.15, 0.2) is 0 Å². The summed E-state index contributed by atoms with van der Waals surface area (Å²) in [7, 11) is 0. The maximum atomic E-state index is 10.6. The normalized spacial score (nSPS) is 11.9. The van der Waals surface area contributed by atoms with Gasteiger partial charge in [-0.2, -0.15) is 0 Å². The van der Waals surface area contributed by atoms with Crippen LogP contribution in [-0.4, -0.2) is 17.6 Å². The van der Waals surface area contributed by atoms with E-state index in [2.05, 4.69) is 31.5 Å². The van der Waals surface area contributed by atoms with Crippen molar-refractivity contribution in [2.45, 2.75) is 26.7 Å². The van der Waals surface area contributed by atoms with Crippen LogP contribution < -0.4 is 5.32 Å². The van der Waals surface area contributed by atoms with E-state index >= 15 is 0 Å². The van der Waals surface area contributed by atoms with Gasteiger partial charge in [-0.15, -0.1) is 5.73 Å². The van der Waals surface area contributed by atoms with Crippen molar-refractivity contribution in [1.29, 1.82) is 0 Å². The Bertz CT molecular complexity index is 217. The molecule has 0 spiro atoms. The third kappa shape index (κ3) is 7.44. The van der Waals surface area contributed by atoms with E-state index in [-0.39, 0.29) is 12.3 Å². The van der Waals surface area contributed by atoms with Crippen LogP contribution in [0, 0.1) is 11.8 Å². The summed E-state index contributed by atoms with van der Waals surface area (Å²) in [6.45, 7) is 8.28. The fourth-order valence-corrected chi connectivity index (χ4v) is 1.45. The molecule has 0 aliphatic rings. The quantitative estimate of drug-likeness (QED) is 0.614. The molecule has 0 saturated carbocycles. The van der Waals surface area contributed by atoms with Crippen molar-refractivity contribution in [1.82, 2.24) is 5.32 Å². The van der Waals surface area contributed by atoms with Crippen molar-refractivity contribution in [3.63, 3.8) is 0 Å². The number of nitrogens with one attached hydrogen (secondary N) is 1. The molecule has 0 aromatic heterocycles. The highest BCUT2D eigenvalue weighted by atomic mass is 16.4. The zero-order valence-electron chi connectivity index (χ0n) is 8.92. The Balaban J connectivity index is 3.96. The van der Waals surface area contributed by atoms with Crippen LogP contribution in [0.1, 0.15) is 26.7 Å². The lowest BCUT2D eigenvalue weighted by Crippen LogP contribution is -2.22. The second kappa shape index (κ2) is 7.22. The van der Waals surface area contributed by atoms with E-state index in [1.165, 1.54) is 0 Å². The van der Waals surface area contributed by atoms with Gasteiger partial charge in [0.25, 0.3) is 0 Å². The van der Waals surface area contributed by atoms with Gasteiger partial charge in [0, 0.05) is 19.2 Å². The van der Waals surface area contributed by atoms with Crippen molar-refractivity contribution in [3.05, 3.63) is 18.5 Å². The second-order valence-corrected chi connectivity index (χ2v) is 3.85. The molecule has 2 N–H and O–H groups in total. The van der Waals surface area contributed by atoms with E-state index in [9.17, 15) is 4.79 Å². The molecule has 0 amide bonds. The summed E-state index contributed by atoms with van der Waals surface area (Å²) >= 11 is 0. The van der Waals surface area contributed by atoms with E-state index in [0.29, 0.717) is 12.5 Å². The molecule has 3 heteroatoms. The maximum Gasteiger partial charge on any atom is 0.303 e. The van der Waals surface area contributed by atoms with Gasteiger partial charge in [-0.1, -0.05) is 20.4 Å². The van der Waals surface area contributed by atoms with Gasteiger partial charge in [-0.05, 0) is 18.3 Å². The summed E-state index contributed by atoms with van der Waals surface area (Å²) in [6, 6.07) is 0. The van der Waals surface area contributed by atoms with Crippen molar-refractivity contribution in [2.24, 2.45) is 11.8 Å². The lowest BCUT2D eigenvalue weighted by Gasteiger charge is -2.16. The Morgan fingerprint density at radius 1 is 1.64 bits per heavy atom. The van der Waals surface area contributed by atoms with Crippen LogP contribution in [0.5, 0.6) is 0 Å². The molecule has 1 unspecified atom stereocenters. The molecule has 0 aliphatic heterocycles. The van der Waals surface area contributed by atoms with Gasteiger partial charge in [0.05, 0.1) is 0 Å². The molecular formula is C11H19NO2. The monoisotopic (exact) mass is 197 g/mol. The maximum absolute atomic E-state index is 10.6. The number of hydrogen-bond donors (Lipinski definition) is 2. The number of hydrogen-bond acceptors (Lipinski definition) is 2. The molecular weight excluding hydrogens is 178 g/mol. The highest BCUT2D eigenvalue weighted by Crippen LogP contribution is 2.14. The lowest BCUT2D eigenvalue weighted by atomic mass is 9.94. The van der Waals surface area contributed by atoms with Gasteiger partial charge in [0.1, 0.15) is 0 Å². The molecule has 0 heterocycles. The first-order valence-electron chi connectivity index (χ1n) is 4.85. The number of aliphatic carboxylic acids is 1. The highest BCUT2D eigenvalue weighted by molar-refractivity contribution is 5.67. The fraction of sp³-hybridized carbons (Fsp3) is 0.636. The summed E-state index contributed by atoms with van der Waals surface area (Å²) in [6.07, 6.45) is 2.76. The van der Waals surface area contributed by atoms with E-state index in [1.807, 2.05) is 0 Å². The van der Waals surface area contributed by atoms with Gasteiger partial charge in [-0.25, -0.2) is 0 Å². The number of carboxylic acid groups (broad SMARTS) is 1. The molecule has 0 aliphatic carbocycles. The Morgan fingerprint density at radius 3 is 2.71 bits per heavy atom. The summed E-state index contributed by atoms with van der Waals surface area (Å²) in [5.74, 6) is -0.0361. The third-order valence-electron chi connectivity index (χ3n) is 1.88. The van der Waals surface area contributed by atoms with Crippen molar-refractivity contribution in [3.8, 4) is 0 Å². The van der Waals surface area contributed by atoms with E-state index in [4.69, 9.17) is 5.11 Å². The first-order chi connectivity index (χ1) is 6.56. The van der Waals surface area contributed by atoms with Gasteiger partial charge >= 0.3 is 5.97 Å². The van der Waals surface area contributed by atoms with E-state index < -0.39 is 5.97 Å². The van der Waals surface area contributed by atoms with Crippen LogP contribution >= 0.6 is 0 Å². The minimum Gasteiger partial charge on any atom is -0.481 e. The Morgan fingerprint density at radius 2 is 2.29 bits per heavy atom. The minimum atomic E-state index is -0.736. The first-order valence-corrected chi connectivity index (χ1v) is 4.85. The first kappa shape index (κ1) is 12.8. The third-order valence-corrected chi connectivity index (χ3v) is 1.88. The van der Waals surface area contributed by atoms with Crippen LogP contribution in [0.2, 0.25) is 0 Å². The van der Waals surface area contributed by atoms with Crippen LogP contribution in [0.3, 0.4) is 0 Å². The van der Waals surface area contributed by atoms with Crippen molar-refractivity contribution in [2.75, 3.05) is 6.54 Å². The van der Waals surface area contributed by atoms with Crippen LogP contribution in [0.15, 0.2) is 18.5 Å². The Kier molecular flexibility index (Phi) is 6.59. The van der Waals surface area contributed by atoms with Gasteiger partial charge in [-0.3, -0.25) is 4.79 Å². The van der Waals surface area contributed by atoms with Crippen molar-refractivity contribution >= 4 is 5.97 Å². The van der Waals surface area contributed by atoms with Gasteiger partial charge < -0.3 is 10.4 Å². The van der Waals surface area contributed by atoms with E-state index in [0.717, 1.165) is 6.42 Å². The summed E-state index contributed by atoms with van der Waals surface area (Å²) in [4.78, 5) is 10.6. The predicted molar refractivity (Wildman–Crippen MR) is 56.9 cm³/mol. The van der Waals surface area contributed by atoms with Gasteiger partial charge in [0.2, 0.25) is 0 Å². The zero-order valence-corrected chi connectivity index (χ0v) is 8.92. The average Bonchev–Trinajstić information content (AvgIpc) is 2.02. The second-order valence-electron chi connectivity index (χ2n) is 3.85. The molecule has 80 valence electrons. The molecule has 1 atom stereocenters. The number of carboxylic acids is 1. The SMILES string of the molecule is C=C=CNCC(CC(=O)O)CC(C)C. The molecule has 0 rings (SSSR count). The molecule has 0 fully saturated rings. The summed E-state index contributed by atoms with van der Waals surface area (Å²) in [5, 5.41) is 11.7. The smallest absolute Gasteiger partial charge is 0.303 e. The lowest BCUT2D eigenvalue weighted by molar-refractivity contribution is -0.138. The molecule has 0 aromatic carbocycles. The van der Waals surface area contributed by atoms with E-state index in [1.54, 1.807) is 6.20 Å². The number of carbonyl (C=O) groups is 1. The molecule has 0 radical (unpaired) electrons. The van der Waals surface area contributed by atoms with Crippen LogP contribution in [-0.2, 0) is 4.79 Å². The Hall–Kier alpha value is -1.21. The largest absolute Gasteiger partial charge is 0.481 e. The molecule has 0 saturated heterocycles. The molecule has 0 aromatic rings. The summed E-state index contributed by atoms with van der Waals surface area (Å²) < 4.78 is 0. The topological polar surface area (TPSA) is 49.3 Å². The average molecular weight is 197 g/mol. The highest BCUT2D eigenvalue weighted by Gasteiger charge is 2.13. The fourth-order valence-electron chi connectivity index (χ4n) is 1.45.